The van der Waals surface area contributed by atoms with Crippen LogP contribution in [0.5, 0.6) is 0 Å². The van der Waals surface area contributed by atoms with E-state index < -0.39 is 5.41 Å². The van der Waals surface area contributed by atoms with E-state index in [2.05, 4.69) is 34.8 Å². The fourth-order valence-corrected chi connectivity index (χ4v) is 2.83. The summed E-state index contributed by atoms with van der Waals surface area (Å²) in [5.74, 6) is 1.67. The fraction of sp³-hybridized carbons (Fsp3) is 0.882. The topological polar surface area (TPSA) is 65.5 Å². The second kappa shape index (κ2) is 11.1. The highest BCUT2D eigenvalue weighted by molar-refractivity contribution is 14.0. The van der Waals surface area contributed by atoms with E-state index >= 15 is 0 Å². The Balaban J connectivity index is 0.00000484. The molecule has 1 amide bonds. The largest absolute Gasteiger partial charge is 0.357 e. The zero-order valence-electron chi connectivity index (χ0n) is 15.4. The van der Waals surface area contributed by atoms with E-state index in [1.807, 2.05) is 20.8 Å². The standard InChI is InChI=1S/C17H34N4O.HI/c1-6-18-15(22)17(4,5)12-20-16(19-7-2)21-14-10-8-9-13(3)11-14;/h13-14H,6-12H2,1-5H3,(H,18,22)(H2,19,20,21);1H. The molecule has 1 aliphatic carbocycles. The Labute approximate surface area is 158 Å². The number of carbonyl (C=O) groups is 1. The number of hydrogen-bond acceptors (Lipinski definition) is 2. The lowest BCUT2D eigenvalue weighted by atomic mass is 9.87. The van der Waals surface area contributed by atoms with Gasteiger partial charge in [-0.05, 0) is 46.5 Å². The normalized spacial score (nSPS) is 22.0. The number of hydrogen-bond donors (Lipinski definition) is 3. The molecular formula is C17H35IN4O. The quantitative estimate of drug-likeness (QED) is 0.340. The van der Waals surface area contributed by atoms with Crippen LogP contribution in [0.1, 0.15) is 60.3 Å². The van der Waals surface area contributed by atoms with Crippen LogP contribution in [0.25, 0.3) is 0 Å². The van der Waals surface area contributed by atoms with Crippen LogP contribution in [0.3, 0.4) is 0 Å². The highest BCUT2D eigenvalue weighted by Gasteiger charge is 2.27. The van der Waals surface area contributed by atoms with Gasteiger partial charge >= 0.3 is 0 Å². The summed E-state index contributed by atoms with van der Waals surface area (Å²) >= 11 is 0. The summed E-state index contributed by atoms with van der Waals surface area (Å²) < 4.78 is 0. The summed E-state index contributed by atoms with van der Waals surface area (Å²) in [6.45, 7) is 12.2. The van der Waals surface area contributed by atoms with Gasteiger partial charge in [-0.25, -0.2) is 0 Å². The van der Waals surface area contributed by atoms with Crippen molar-refractivity contribution in [1.82, 2.24) is 16.0 Å². The van der Waals surface area contributed by atoms with Crippen LogP contribution in [0.2, 0.25) is 0 Å². The highest BCUT2D eigenvalue weighted by atomic mass is 127. The maximum atomic E-state index is 12.0. The van der Waals surface area contributed by atoms with Gasteiger partial charge in [-0.15, -0.1) is 24.0 Å². The molecule has 0 aliphatic heterocycles. The molecule has 6 heteroatoms. The summed E-state index contributed by atoms with van der Waals surface area (Å²) in [5.41, 5.74) is -0.488. The van der Waals surface area contributed by atoms with E-state index in [4.69, 9.17) is 0 Å². The van der Waals surface area contributed by atoms with Gasteiger partial charge in [0, 0.05) is 19.1 Å². The summed E-state index contributed by atoms with van der Waals surface area (Å²) in [4.78, 5) is 16.7. The molecule has 0 aromatic carbocycles. The van der Waals surface area contributed by atoms with Crippen molar-refractivity contribution in [2.75, 3.05) is 19.6 Å². The molecule has 0 aromatic heterocycles. The van der Waals surface area contributed by atoms with Crippen LogP contribution >= 0.6 is 24.0 Å². The number of rotatable bonds is 6. The molecule has 0 radical (unpaired) electrons. The van der Waals surface area contributed by atoms with Crippen molar-refractivity contribution in [2.24, 2.45) is 16.3 Å². The molecule has 3 N–H and O–H groups in total. The Bertz CT molecular complexity index is 385. The summed E-state index contributed by atoms with van der Waals surface area (Å²) in [5, 5.41) is 9.71. The minimum atomic E-state index is -0.488. The van der Waals surface area contributed by atoms with Gasteiger partial charge in [0.15, 0.2) is 5.96 Å². The first-order valence-corrected chi connectivity index (χ1v) is 8.72. The van der Waals surface area contributed by atoms with E-state index in [0.717, 1.165) is 18.4 Å². The minimum Gasteiger partial charge on any atom is -0.357 e. The third-order valence-electron chi connectivity index (χ3n) is 4.21. The predicted molar refractivity (Wildman–Crippen MR) is 108 cm³/mol. The molecule has 1 saturated carbocycles. The van der Waals surface area contributed by atoms with Crippen molar-refractivity contribution in [3.05, 3.63) is 0 Å². The number of amides is 1. The minimum absolute atomic E-state index is 0. The van der Waals surface area contributed by atoms with E-state index in [0.29, 0.717) is 19.1 Å². The van der Waals surface area contributed by atoms with Gasteiger partial charge in [-0.1, -0.05) is 19.8 Å². The van der Waals surface area contributed by atoms with Crippen LogP contribution in [0.15, 0.2) is 4.99 Å². The lowest BCUT2D eigenvalue weighted by molar-refractivity contribution is -0.128. The molecule has 1 aliphatic rings. The Hall–Kier alpha value is -0.530. The lowest BCUT2D eigenvalue weighted by Crippen LogP contribution is -2.46. The summed E-state index contributed by atoms with van der Waals surface area (Å²) in [6.07, 6.45) is 5.01. The van der Waals surface area contributed by atoms with Gasteiger partial charge < -0.3 is 16.0 Å². The second-order valence-corrected chi connectivity index (χ2v) is 7.05. The molecule has 23 heavy (non-hydrogen) atoms. The van der Waals surface area contributed by atoms with Gasteiger partial charge in [0.25, 0.3) is 0 Å². The third kappa shape index (κ3) is 8.22. The SMILES string of the molecule is CCNC(=O)C(C)(C)CN=C(NCC)NC1CCCC(C)C1.I. The molecule has 136 valence electrons. The number of guanidine groups is 1. The van der Waals surface area contributed by atoms with Gasteiger partial charge in [0.05, 0.1) is 12.0 Å². The molecule has 2 unspecified atom stereocenters. The van der Waals surface area contributed by atoms with Crippen LogP contribution < -0.4 is 16.0 Å². The summed E-state index contributed by atoms with van der Waals surface area (Å²) in [6, 6.07) is 0.495. The molecular weight excluding hydrogens is 403 g/mol. The molecule has 1 rings (SSSR count). The highest BCUT2D eigenvalue weighted by Crippen LogP contribution is 2.23. The van der Waals surface area contributed by atoms with Gasteiger partial charge in [0.1, 0.15) is 0 Å². The van der Waals surface area contributed by atoms with Gasteiger partial charge in [-0.3, -0.25) is 9.79 Å². The molecule has 0 saturated heterocycles. The van der Waals surface area contributed by atoms with E-state index in [-0.39, 0.29) is 29.9 Å². The Morgan fingerprint density at radius 1 is 1.17 bits per heavy atom. The van der Waals surface area contributed by atoms with Crippen molar-refractivity contribution in [2.45, 2.75) is 66.3 Å². The van der Waals surface area contributed by atoms with E-state index in [9.17, 15) is 4.79 Å². The number of carbonyl (C=O) groups excluding carboxylic acids is 1. The van der Waals surface area contributed by atoms with Crippen LogP contribution in [0.4, 0.5) is 0 Å². The average Bonchev–Trinajstić information content (AvgIpc) is 2.45. The maximum Gasteiger partial charge on any atom is 0.227 e. The smallest absolute Gasteiger partial charge is 0.227 e. The molecule has 0 aromatic rings. The number of nitrogens with one attached hydrogen (secondary N) is 3. The van der Waals surface area contributed by atoms with Crippen molar-refractivity contribution in [3.8, 4) is 0 Å². The second-order valence-electron chi connectivity index (χ2n) is 7.05. The van der Waals surface area contributed by atoms with Crippen molar-refractivity contribution in [3.63, 3.8) is 0 Å². The molecule has 0 heterocycles. The zero-order chi connectivity index (χ0) is 16.6. The van der Waals surface area contributed by atoms with Crippen LogP contribution in [-0.2, 0) is 4.79 Å². The Morgan fingerprint density at radius 3 is 2.39 bits per heavy atom. The molecule has 0 bridgehead atoms. The Morgan fingerprint density at radius 2 is 1.83 bits per heavy atom. The first-order chi connectivity index (χ1) is 10.4. The molecule has 0 spiro atoms. The average molecular weight is 438 g/mol. The van der Waals surface area contributed by atoms with E-state index in [1.165, 1.54) is 25.7 Å². The Kier molecular flexibility index (Phi) is 10.8. The number of nitrogens with zero attached hydrogens (tertiary/aromatic N) is 1. The number of aliphatic imine (C=N–C) groups is 1. The molecule has 2 atom stereocenters. The van der Waals surface area contributed by atoms with Crippen molar-refractivity contribution >= 4 is 35.8 Å². The number of halogens is 1. The van der Waals surface area contributed by atoms with Crippen LogP contribution in [-0.4, -0.2) is 37.5 Å². The monoisotopic (exact) mass is 438 g/mol. The molecule has 5 nitrogen and oxygen atoms in total. The lowest BCUT2D eigenvalue weighted by Gasteiger charge is -2.29. The third-order valence-corrected chi connectivity index (χ3v) is 4.21. The summed E-state index contributed by atoms with van der Waals surface area (Å²) in [7, 11) is 0. The van der Waals surface area contributed by atoms with Crippen molar-refractivity contribution < 1.29 is 4.79 Å². The molecule has 1 fully saturated rings. The zero-order valence-corrected chi connectivity index (χ0v) is 17.7. The first-order valence-electron chi connectivity index (χ1n) is 8.72. The van der Waals surface area contributed by atoms with Gasteiger partial charge in [-0.2, -0.15) is 0 Å². The van der Waals surface area contributed by atoms with E-state index in [1.54, 1.807) is 0 Å². The fourth-order valence-electron chi connectivity index (χ4n) is 2.83. The van der Waals surface area contributed by atoms with Gasteiger partial charge in [0.2, 0.25) is 5.91 Å². The van der Waals surface area contributed by atoms with Crippen LogP contribution in [0, 0.1) is 11.3 Å². The maximum absolute atomic E-state index is 12.0. The predicted octanol–water partition coefficient (Wildman–Crippen LogP) is 2.90. The van der Waals surface area contributed by atoms with Crippen molar-refractivity contribution in [1.29, 1.82) is 0 Å². The first kappa shape index (κ1) is 22.5.